The van der Waals surface area contributed by atoms with E-state index in [9.17, 15) is 0 Å². The Morgan fingerprint density at radius 1 is 1.56 bits per heavy atom. The van der Waals surface area contributed by atoms with E-state index in [4.69, 9.17) is 5.73 Å². The largest absolute Gasteiger partial charge is 0.382 e. The van der Waals surface area contributed by atoms with Gasteiger partial charge in [-0.25, -0.2) is 4.99 Å². The molecule has 1 fully saturated rings. The summed E-state index contributed by atoms with van der Waals surface area (Å²) in [6.07, 6.45) is 8.67. The zero-order valence-electron chi connectivity index (χ0n) is 9.43. The predicted octanol–water partition coefficient (Wildman–Crippen LogP) is -0.00470. The van der Waals surface area contributed by atoms with Gasteiger partial charge in [-0.1, -0.05) is 0 Å². The minimum atomic E-state index is 0.336. The Hall–Kier alpha value is -1.49. The zero-order valence-corrected chi connectivity index (χ0v) is 9.43. The average Bonchev–Trinajstić information content (AvgIpc) is 2.85. The quantitative estimate of drug-likeness (QED) is 0.651. The van der Waals surface area contributed by atoms with Crippen molar-refractivity contribution >= 4 is 5.84 Å². The minimum absolute atomic E-state index is 0.336. The highest BCUT2D eigenvalue weighted by Crippen LogP contribution is 2.29. The van der Waals surface area contributed by atoms with E-state index in [1.807, 2.05) is 6.20 Å². The van der Waals surface area contributed by atoms with Crippen molar-refractivity contribution in [1.29, 1.82) is 0 Å². The van der Waals surface area contributed by atoms with E-state index in [-0.39, 0.29) is 0 Å². The number of hydrogen-bond donors (Lipinski definition) is 2. The van der Waals surface area contributed by atoms with Crippen LogP contribution in [0.4, 0.5) is 0 Å². The molecule has 0 bridgehead atoms. The van der Waals surface area contributed by atoms with Crippen LogP contribution in [0, 0.1) is 0 Å². The minimum Gasteiger partial charge on any atom is -0.382 e. The lowest BCUT2D eigenvalue weighted by molar-refractivity contribution is 0.172. The Labute approximate surface area is 95.3 Å². The van der Waals surface area contributed by atoms with E-state index >= 15 is 0 Å². The van der Waals surface area contributed by atoms with Crippen molar-refractivity contribution in [3.8, 4) is 0 Å². The lowest BCUT2D eigenvalue weighted by atomic mass is 10.1. The summed E-state index contributed by atoms with van der Waals surface area (Å²) in [5.41, 5.74) is 6.90. The molecule has 1 saturated heterocycles. The second kappa shape index (κ2) is 3.52. The average molecular weight is 219 g/mol. The van der Waals surface area contributed by atoms with Gasteiger partial charge in [-0.3, -0.25) is 0 Å². The second-order valence-corrected chi connectivity index (χ2v) is 4.52. The number of aliphatic imine (C=N–C) groups is 1. The maximum atomic E-state index is 5.88. The summed E-state index contributed by atoms with van der Waals surface area (Å²) >= 11 is 0. The summed E-state index contributed by atoms with van der Waals surface area (Å²) in [5.74, 6) is 0.606. The Kier molecular flexibility index (Phi) is 2.14. The molecular weight excluding hydrogens is 202 g/mol. The number of nitrogens with one attached hydrogen (secondary N) is 1. The fourth-order valence-corrected chi connectivity index (χ4v) is 2.74. The van der Waals surface area contributed by atoms with E-state index in [1.54, 1.807) is 6.20 Å². The van der Waals surface area contributed by atoms with Gasteiger partial charge in [0.1, 0.15) is 17.7 Å². The molecule has 0 aromatic rings. The molecule has 3 aliphatic rings. The number of nitrogens with zero attached hydrogens (tertiary/aromatic N) is 3. The van der Waals surface area contributed by atoms with Crippen molar-refractivity contribution in [2.75, 3.05) is 13.6 Å². The van der Waals surface area contributed by atoms with Gasteiger partial charge >= 0.3 is 0 Å². The topological polar surface area (TPSA) is 56.9 Å². The number of rotatable bonds is 1. The van der Waals surface area contributed by atoms with E-state index in [0.717, 1.165) is 12.2 Å². The summed E-state index contributed by atoms with van der Waals surface area (Å²) in [6.45, 7) is 1.12. The van der Waals surface area contributed by atoms with Crippen LogP contribution in [0.15, 0.2) is 29.3 Å². The monoisotopic (exact) mass is 219 g/mol. The molecule has 0 aliphatic carbocycles. The van der Waals surface area contributed by atoms with Gasteiger partial charge in [0.2, 0.25) is 0 Å². The summed E-state index contributed by atoms with van der Waals surface area (Å²) in [5, 5.41) is 3.55. The predicted molar refractivity (Wildman–Crippen MR) is 63.3 cm³/mol. The Balaban J connectivity index is 1.88. The van der Waals surface area contributed by atoms with E-state index in [1.165, 1.54) is 12.8 Å². The molecule has 5 heteroatoms. The van der Waals surface area contributed by atoms with Crippen LogP contribution in [0.1, 0.15) is 12.8 Å². The maximum absolute atomic E-state index is 5.88. The van der Waals surface area contributed by atoms with Crippen molar-refractivity contribution in [1.82, 2.24) is 15.1 Å². The van der Waals surface area contributed by atoms with Gasteiger partial charge in [-0.05, 0) is 19.4 Å². The fraction of sp³-hybridized carbons (Fsp3) is 0.545. The van der Waals surface area contributed by atoms with Gasteiger partial charge < -0.3 is 20.9 Å². The second-order valence-electron chi connectivity index (χ2n) is 4.52. The van der Waals surface area contributed by atoms with Crippen LogP contribution in [-0.4, -0.2) is 41.4 Å². The SMILES string of the molecule is CN1C=C2C(N)=NC=CN2C1C1CCCN1. The maximum Gasteiger partial charge on any atom is 0.148 e. The first-order valence-corrected chi connectivity index (χ1v) is 5.73. The number of fused-ring (bicyclic) bond motifs is 1. The lowest BCUT2D eigenvalue weighted by Crippen LogP contribution is -2.50. The Morgan fingerprint density at radius 3 is 3.19 bits per heavy atom. The van der Waals surface area contributed by atoms with Crippen LogP contribution >= 0.6 is 0 Å². The van der Waals surface area contributed by atoms with E-state index < -0.39 is 0 Å². The molecule has 3 rings (SSSR count). The fourth-order valence-electron chi connectivity index (χ4n) is 2.74. The third kappa shape index (κ3) is 1.31. The molecule has 0 saturated carbocycles. The lowest BCUT2D eigenvalue weighted by Gasteiger charge is -2.35. The van der Waals surface area contributed by atoms with Crippen LogP contribution in [0.2, 0.25) is 0 Å². The summed E-state index contributed by atoms with van der Waals surface area (Å²) < 4.78 is 0. The summed E-state index contributed by atoms with van der Waals surface area (Å²) in [6, 6.07) is 0.509. The highest BCUT2D eigenvalue weighted by molar-refractivity contribution is 5.98. The number of nitrogens with two attached hydrogens (primary N) is 1. The number of hydrogen-bond acceptors (Lipinski definition) is 5. The molecule has 5 nitrogen and oxygen atoms in total. The van der Waals surface area contributed by atoms with Gasteiger partial charge in [0.05, 0.1) is 0 Å². The molecule has 0 amide bonds. The molecule has 3 N–H and O–H groups in total. The molecule has 2 atom stereocenters. The first kappa shape index (κ1) is 9.72. The summed E-state index contributed by atoms with van der Waals surface area (Å²) in [4.78, 5) is 8.56. The molecule has 0 radical (unpaired) electrons. The normalized spacial score (nSPS) is 32.8. The number of amidine groups is 1. The Morgan fingerprint density at radius 2 is 2.44 bits per heavy atom. The first-order valence-electron chi connectivity index (χ1n) is 5.73. The molecule has 3 aliphatic heterocycles. The molecule has 3 heterocycles. The van der Waals surface area contributed by atoms with Crippen LogP contribution < -0.4 is 11.1 Å². The van der Waals surface area contributed by atoms with E-state index in [2.05, 4.69) is 33.4 Å². The molecular formula is C11H17N5. The summed E-state index contributed by atoms with van der Waals surface area (Å²) in [7, 11) is 2.09. The third-order valence-corrected chi connectivity index (χ3v) is 3.47. The van der Waals surface area contributed by atoms with Gasteiger partial charge in [-0.2, -0.15) is 0 Å². The van der Waals surface area contributed by atoms with Gasteiger partial charge in [0.25, 0.3) is 0 Å². The highest BCUT2D eigenvalue weighted by atomic mass is 15.4. The van der Waals surface area contributed by atoms with Gasteiger partial charge in [0.15, 0.2) is 0 Å². The van der Waals surface area contributed by atoms with Crippen molar-refractivity contribution < 1.29 is 0 Å². The van der Waals surface area contributed by atoms with Crippen LogP contribution in [0.3, 0.4) is 0 Å². The Bertz CT molecular complexity index is 378. The van der Waals surface area contributed by atoms with Crippen molar-refractivity contribution in [2.24, 2.45) is 10.7 Å². The molecule has 0 aromatic heterocycles. The van der Waals surface area contributed by atoms with Crippen molar-refractivity contribution in [2.45, 2.75) is 25.0 Å². The molecule has 86 valence electrons. The van der Waals surface area contributed by atoms with Crippen molar-refractivity contribution in [3.05, 3.63) is 24.3 Å². The molecule has 0 aromatic carbocycles. The number of likely N-dealkylation sites (N-methyl/N-ethyl adjacent to an activating group) is 1. The van der Waals surface area contributed by atoms with Crippen LogP contribution in [-0.2, 0) is 0 Å². The van der Waals surface area contributed by atoms with Gasteiger partial charge in [0, 0.05) is 31.7 Å². The van der Waals surface area contributed by atoms with E-state index in [0.29, 0.717) is 18.0 Å². The molecule has 16 heavy (non-hydrogen) atoms. The van der Waals surface area contributed by atoms with Gasteiger partial charge in [-0.15, -0.1) is 0 Å². The van der Waals surface area contributed by atoms with Crippen LogP contribution in [0.5, 0.6) is 0 Å². The standard InChI is InChI=1S/C11H17N5/c1-15-7-9-10(12)14-5-6-16(9)11(15)8-3-2-4-13-8/h5-8,11,13H,2-4H2,1H3,(H2,12,14). The molecule has 0 spiro atoms. The first-order chi connectivity index (χ1) is 7.77. The third-order valence-electron chi connectivity index (χ3n) is 3.47. The van der Waals surface area contributed by atoms with Crippen molar-refractivity contribution in [3.63, 3.8) is 0 Å². The highest BCUT2D eigenvalue weighted by Gasteiger charge is 2.38. The van der Waals surface area contributed by atoms with Crippen LogP contribution in [0.25, 0.3) is 0 Å². The molecule has 2 unspecified atom stereocenters. The zero-order chi connectivity index (χ0) is 11.1. The smallest absolute Gasteiger partial charge is 0.148 e.